The fraction of sp³-hybridized carbons (Fsp3) is 0.238. The number of carbonyl (C=O) groups excluding carboxylic acids is 2. The monoisotopic (exact) mass is 440 g/mol. The van der Waals surface area contributed by atoms with E-state index in [0.29, 0.717) is 5.56 Å². The standard InChI is InChI=1S/C21H20F4N2O4/c1-3-30-17-10-12(4-8-16(17)31-21(24)25)5-9-18(28)27-19(20(29)26-2)13-6-7-14(22)15(23)11-13/h4-11,19,21H,3H2,1-2H3,(H,26,29)(H,27,28)/b9-5+. The minimum atomic E-state index is -3.02. The summed E-state index contributed by atoms with van der Waals surface area (Å²) in [6, 6.07) is 5.67. The van der Waals surface area contributed by atoms with E-state index >= 15 is 0 Å². The molecule has 0 saturated carbocycles. The molecule has 0 radical (unpaired) electrons. The van der Waals surface area contributed by atoms with Gasteiger partial charge >= 0.3 is 6.61 Å². The molecule has 2 amide bonds. The highest BCUT2D eigenvalue weighted by molar-refractivity contribution is 5.96. The summed E-state index contributed by atoms with van der Waals surface area (Å²) in [4.78, 5) is 24.4. The zero-order chi connectivity index (χ0) is 23.0. The van der Waals surface area contributed by atoms with E-state index in [2.05, 4.69) is 15.4 Å². The quantitative estimate of drug-likeness (QED) is 0.462. The lowest BCUT2D eigenvalue weighted by Gasteiger charge is -2.17. The third-order valence-corrected chi connectivity index (χ3v) is 3.98. The van der Waals surface area contributed by atoms with Crippen molar-refractivity contribution in [1.29, 1.82) is 0 Å². The number of halogens is 4. The van der Waals surface area contributed by atoms with Crippen molar-refractivity contribution in [1.82, 2.24) is 10.6 Å². The number of ether oxygens (including phenoxy) is 2. The van der Waals surface area contributed by atoms with Gasteiger partial charge in [-0.2, -0.15) is 8.78 Å². The molecule has 6 nitrogen and oxygen atoms in total. The number of carbonyl (C=O) groups is 2. The van der Waals surface area contributed by atoms with Gasteiger partial charge in [-0.3, -0.25) is 9.59 Å². The molecule has 0 heterocycles. The largest absolute Gasteiger partial charge is 0.490 e. The van der Waals surface area contributed by atoms with Crippen LogP contribution in [0.1, 0.15) is 24.1 Å². The molecule has 0 aromatic heterocycles. The molecule has 1 atom stereocenters. The summed E-state index contributed by atoms with van der Waals surface area (Å²) in [7, 11) is 1.33. The van der Waals surface area contributed by atoms with Gasteiger partial charge in [0, 0.05) is 13.1 Å². The molecular weight excluding hydrogens is 420 g/mol. The van der Waals surface area contributed by atoms with Crippen molar-refractivity contribution in [3.8, 4) is 11.5 Å². The first kappa shape index (κ1) is 23.7. The van der Waals surface area contributed by atoms with Gasteiger partial charge in [0.2, 0.25) is 11.8 Å². The lowest BCUT2D eigenvalue weighted by Crippen LogP contribution is -2.38. The number of benzene rings is 2. The van der Waals surface area contributed by atoms with E-state index in [1.54, 1.807) is 6.92 Å². The normalized spacial score (nSPS) is 12.0. The van der Waals surface area contributed by atoms with E-state index in [9.17, 15) is 27.2 Å². The van der Waals surface area contributed by atoms with Crippen LogP contribution in [0.2, 0.25) is 0 Å². The topological polar surface area (TPSA) is 76.7 Å². The van der Waals surface area contributed by atoms with Crippen LogP contribution in [0.5, 0.6) is 11.5 Å². The van der Waals surface area contributed by atoms with Crippen LogP contribution in [-0.2, 0) is 9.59 Å². The molecule has 0 aliphatic heterocycles. The Kier molecular flexibility index (Phi) is 8.42. The zero-order valence-corrected chi connectivity index (χ0v) is 16.6. The van der Waals surface area contributed by atoms with Gasteiger partial charge in [0.1, 0.15) is 6.04 Å². The Balaban J connectivity index is 2.19. The maximum atomic E-state index is 13.5. The lowest BCUT2D eigenvalue weighted by atomic mass is 10.1. The van der Waals surface area contributed by atoms with E-state index in [1.807, 2.05) is 0 Å². The van der Waals surface area contributed by atoms with Crippen LogP contribution in [0.25, 0.3) is 6.08 Å². The second-order valence-electron chi connectivity index (χ2n) is 6.08. The molecule has 0 fully saturated rings. The molecule has 1 unspecified atom stereocenters. The van der Waals surface area contributed by atoms with Crippen molar-refractivity contribution < 1.29 is 36.6 Å². The number of likely N-dealkylation sites (N-methyl/N-ethyl adjacent to an activating group) is 1. The highest BCUT2D eigenvalue weighted by atomic mass is 19.3. The number of nitrogens with one attached hydrogen (secondary N) is 2. The van der Waals surface area contributed by atoms with Gasteiger partial charge in [-0.25, -0.2) is 8.78 Å². The van der Waals surface area contributed by atoms with Crippen LogP contribution in [-0.4, -0.2) is 32.1 Å². The molecule has 2 aromatic rings. The zero-order valence-electron chi connectivity index (χ0n) is 16.6. The molecule has 2 rings (SSSR count). The summed E-state index contributed by atoms with van der Waals surface area (Å²) in [5, 5.41) is 4.73. The highest BCUT2D eigenvalue weighted by Gasteiger charge is 2.22. The molecule has 2 N–H and O–H groups in total. The maximum absolute atomic E-state index is 13.5. The Morgan fingerprint density at radius 2 is 1.81 bits per heavy atom. The van der Waals surface area contributed by atoms with Crippen LogP contribution in [0, 0.1) is 11.6 Å². The van der Waals surface area contributed by atoms with Gasteiger partial charge in [0.05, 0.1) is 6.61 Å². The average molecular weight is 440 g/mol. The van der Waals surface area contributed by atoms with Crippen molar-refractivity contribution in [2.45, 2.75) is 19.6 Å². The summed E-state index contributed by atoms with van der Waals surface area (Å²) >= 11 is 0. The van der Waals surface area contributed by atoms with Crippen LogP contribution in [0.15, 0.2) is 42.5 Å². The van der Waals surface area contributed by atoms with Crippen molar-refractivity contribution >= 4 is 17.9 Å². The third-order valence-electron chi connectivity index (χ3n) is 3.98. The Morgan fingerprint density at radius 3 is 2.42 bits per heavy atom. The van der Waals surface area contributed by atoms with Crippen molar-refractivity contribution in [3.63, 3.8) is 0 Å². The summed E-state index contributed by atoms with van der Waals surface area (Å²) in [6.07, 6.45) is 2.45. The number of rotatable bonds is 9. The molecule has 10 heteroatoms. The Labute approximate surface area is 175 Å². The van der Waals surface area contributed by atoms with E-state index in [0.717, 1.165) is 18.2 Å². The molecular formula is C21H20F4N2O4. The first-order valence-electron chi connectivity index (χ1n) is 9.12. The van der Waals surface area contributed by atoms with E-state index < -0.39 is 36.1 Å². The number of hydrogen-bond donors (Lipinski definition) is 2. The summed E-state index contributed by atoms with van der Waals surface area (Å²) in [5.74, 6) is -3.68. The fourth-order valence-electron chi connectivity index (χ4n) is 2.59. The van der Waals surface area contributed by atoms with Gasteiger partial charge in [-0.15, -0.1) is 0 Å². The molecule has 31 heavy (non-hydrogen) atoms. The minimum absolute atomic E-state index is 0.0483. The van der Waals surface area contributed by atoms with E-state index in [-0.39, 0.29) is 23.7 Å². The van der Waals surface area contributed by atoms with Gasteiger partial charge < -0.3 is 20.1 Å². The van der Waals surface area contributed by atoms with Crippen molar-refractivity contribution in [2.75, 3.05) is 13.7 Å². The molecule has 0 aliphatic rings. The molecule has 0 spiro atoms. The smallest absolute Gasteiger partial charge is 0.387 e. The Bertz CT molecular complexity index is 966. The third kappa shape index (κ3) is 6.73. The van der Waals surface area contributed by atoms with Crippen LogP contribution >= 0.6 is 0 Å². The molecule has 0 saturated heterocycles. The maximum Gasteiger partial charge on any atom is 0.387 e. The highest BCUT2D eigenvalue weighted by Crippen LogP contribution is 2.30. The molecule has 2 aromatic carbocycles. The second-order valence-corrected chi connectivity index (χ2v) is 6.08. The van der Waals surface area contributed by atoms with Crippen LogP contribution in [0.3, 0.4) is 0 Å². The van der Waals surface area contributed by atoms with Gasteiger partial charge in [-0.1, -0.05) is 12.1 Å². The first-order valence-corrected chi connectivity index (χ1v) is 9.12. The predicted molar refractivity (Wildman–Crippen MR) is 105 cm³/mol. The molecule has 0 bridgehead atoms. The van der Waals surface area contributed by atoms with Crippen LogP contribution in [0.4, 0.5) is 17.6 Å². The number of hydrogen-bond acceptors (Lipinski definition) is 4. The van der Waals surface area contributed by atoms with Crippen molar-refractivity contribution in [3.05, 3.63) is 65.2 Å². The van der Waals surface area contributed by atoms with E-state index in [4.69, 9.17) is 4.74 Å². The van der Waals surface area contributed by atoms with Gasteiger partial charge in [0.15, 0.2) is 23.1 Å². The van der Waals surface area contributed by atoms with Crippen LogP contribution < -0.4 is 20.1 Å². The van der Waals surface area contributed by atoms with Crippen molar-refractivity contribution in [2.24, 2.45) is 0 Å². The van der Waals surface area contributed by atoms with Gasteiger partial charge in [-0.05, 0) is 48.4 Å². The lowest BCUT2D eigenvalue weighted by molar-refractivity contribution is -0.126. The summed E-state index contributed by atoms with van der Waals surface area (Å²) < 4.78 is 61.3. The summed E-state index contributed by atoms with van der Waals surface area (Å²) in [6.45, 7) is -1.15. The second kappa shape index (κ2) is 11.0. The Hall–Kier alpha value is -3.56. The summed E-state index contributed by atoms with van der Waals surface area (Å²) in [5.41, 5.74) is 0.483. The predicted octanol–water partition coefficient (Wildman–Crippen LogP) is 3.58. The van der Waals surface area contributed by atoms with Gasteiger partial charge in [0.25, 0.3) is 0 Å². The van der Waals surface area contributed by atoms with E-state index in [1.165, 1.54) is 37.4 Å². The number of alkyl halides is 2. The average Bonchev–Trinajstić information content (AvgIpc) is 2.73. The first-order chi connectivity index (χ1) is 14.7. The molecule has 0 aliphatic carbocycles. The fourth-order valence-corrected chi connectivity index (χ4v) is 2.59. The SMILES string of the molecule is CCOc1cc(/C=C/C(=O)NC(C(=O)NC)c2ccc(F)c(F)c2)ccc1OC(F)F. The number of amides is 2. The Morgan fingerprint density at radius 1 is 1.06 bits per heavy atom. The molecule has 166 valence electrons. The minimum Gasteiger partial charge on any atom is -0.490 e.